The second-order valence-corrected chi connectivity index (χ2v) is 8.48. The quantitative estimate of drug-likeness (QED) is 0.614. The van der Waals surface area contributed by atoms with Crippen molar-refractivity contribution in [1.29, 1.82) is 0 Å². The number of urea groups is 1. The van der Waals surface area contributed by atoms with Crippen LogP contribution in [0.1, 0.15) is 24.1 Å². The zero-order chi connectivity index (χ0) is 24.1. The summed E-state index contributed by atoms with van der Waals surface area (Å²) in [5.41, 5.74) is 4.21. The number of anilines is 1. The van der Waals surface area contributed by atoms with Crippen LogP contribution in [-0.4, -0.2) is 63.8 Å². The summed E-state index contributed by atoms with van der Waals surface area (Å²) in [4.78, 5) is 29.9. The van der Waals surface area contributed by atoms with Crippen LogP contribution < -0.4 is 20.3 Å². The molecular weight excluding hydrogens is 432 g/mol. The number of carbonyl (C=O) groups is 2. The molecule has 0 aliphatic carbocycles. The van der Waals surface area contributed by atoms with Gasteiger partial charge in [0, 0.05) is 50.2 Å². The van der Waals surface area contributed by atoms with Gasteiger partial charge in [0.2, 0.25) is 0 Å². The molecule has 0 saturated carbocycles. The zero-order valence-corrected chi connectivity index (χ0v) is 20.0. The lowest BCUT2D eigenvalue weighted by molar-refractivity contribution is -0.136. The molecule has 8 nitrogen and oxygen atoms in total. The van der Waals surface area contributed by atoms with Crippen LogP contribution in [0, 0.1) is 0 Å². The van der Waals surface area contributed by atoms with E-state index in [1.54, 1.807) is 7.11 Å². The van der Waals surface area contributed by atoms with Crippen LogP contribution >= 0.6 is 0 Å². The van der Waals surface area contributed by atoms with E-state index in [1.165, 1.54) is 12.7 Å². The Morgan fingerprint density at radius 2 is 1.79 bits per heavy atom. The molecule has 0 radical (unpaired) electrons. The maximum Gasteiger partial charge on any atom is 0.338 e. The Kier molecular flexibility index (Phi) is 7.37. The zero-order valence-electron chi connectivity index (χ0n) is 20.0. The van der Waals surface area contributed by atoms with Crippen molar-refractivity contribution in [2.75, 3.05) is 51.8 Å². The lowest BCUT2D eigenvalue weighted by Gasteiger charge is -2.38. The Morgan fingerprint density at radius 3 is 2.44 bits per heavy atom. The molecule has 180 valence electrons. The number of piperazine rings is 1. The number of nitrogens with zero attached hydrogens (tertiary/aromatic N) is 2. The summed E-state index contributed by atoms with van der Waals surface area (Å²) in [5, 5.41) is 5.76. The molecule has 2 aliphatic heterocycles. The number of hydrogen-bond acceptors (Lipinski definition) is 6. The minimum Gasteiger partial charge on any atom is -0.497 e. The number of methoxy groups -OCH3 is 2. The number of nitrogens with one attached hydrogen (secondary N) is 2. The monoisotopic (exact) mass is 464 g/mol. The average Bonchev–Trinajstić information content (AvgIpc) is 2.88. The molecule has 2 heterocycles. The SMILES string of the molecule is CCc1ccc([C@@H]2NC(=O)NC(CN3CCN(c4cccc(OC)c4)CC3)=C2C(=O)OC)cc1. The molecule has 8 heteroatoms. The van der Waals surface area contributed by atoms with E-state index in [-0.39, 0.29) is 6.03 Å². The van der Waals surface area contributed by atoms with Gasteiger partial charge >= 0.3 is 12.0 Å². The van der Waals surface area contributed by atoms with Gasteiger partial charge in [0.15, 0.2) is 0 Å². The standard InChI is InChI=1S/C26H32N4O4/c1-4-18-8-10-19(11-9-18)24-23(25(31)34-3)22(27-26(32)28-24)17-29-12-14-30(15-13-29)20-6-5-7-21(16-20)33-2/h5-11,16,24H,4,12-15,17H2,1-3H3,(H2,27,28,32)/t24-/m0/s1. The van der Waals surface area contributed by atoms with Gasteiger partial charge < -0.3 is 25.0 Å². The maximum atomic E-state index is 12.8. The largest absolute Gasteiger partial charge is 0.497 e. The highest BCUT2D eigenvalue weighted by atomic mass is 16.5. The molecule has 1 fully saturated rings. The molecule has 2 aromatic rings. The highest BCUT2D eigenvalue weighted by Gasteiger charge is 2.34. The molecule has 2 amide bonds. The Labute approximate surface area is 200 Å². The van der Waals surface area contributed by atoms with Crippen LogP contribution in [0.25, 0.3) is 0 Å². The molecule has 0 bridgehead atoms. The molecule has 1 atom stereocenters. The highest BCUT2D eigenvalue weighted by molar-refractivity contribution is 5.95. The van der Waals surface area contributed by atoms with E-state index in [9.17, 15) is 9.59 Å². The van der Waals surface area contributed by atoms with Crippen LogP contribution in [0.5, 0.6) is 5.75 Å². The predicted molar refractivity (Wildman–Crippen MR) is 131 cm³/mol. The van der Waals surface area contributed by atoms with Crippen LogP contribution in [0.15, 0.2) is 59.8 Å². The van der Waals surface area contributed by atoms with E-state index in [1.807, 2.05) is 42.5 Å². The van der Waals surface area contributed by atoms with Gasteiger partial charge in [0.1, 0.15) is 5.75 Å². The van der Waals surface area contributed by atoms with E-state index >= 15 is 0 Å². The third-order valence-electron chi connectivity index (χ3n) is 6.45. The Morgan fingerprint density at radius 1 is 1.06 bits per heavy atom. The lowest BCUT2D eigenvalue weighted by atomic mass is 9.94. The van der Waals surface area contributed by atoms with E-state index in [0.29, 0.717) is 17.8 Å². The van der Waals surface area contributed by atoms with Gasteiger partial charge in [0.25, 0.3) is 0 Å². The minimum absolute atomic E-state index is 0.317. The number of carbonyl (C=O) groups excluding carboxylic acids is 2. The fraction of sp³-hybridized carbons (Fsp3) is 0.385. The molecule has 0 unspecified atom stereocenters. The number of esters is 1. The maximum absolute atomic E-state index is 12.8. The van der Waals surface area contributed by atoms with Crippen LogP contribution in [0.2, 0.25) is 0 Å². The highest BCUT2D eigenvalue weighted by Crippen LogP contribution is 2.29. The van der Waals surface area contributed by atoms with Gasteiger partial charge in [0.05, 0.1) is 25.8 Å². The first kappa shape index (κ1) is 23.6. The van der Waals surface area contributed by atoms with Crippen LogP contribution in [0.3, 0.4) is 0 Å². The number of aryl methyl sites for hydroxylation is 1. The minimum atomic E-state index is -0.555. The second kappa shape index (κ2) is 10.6. The number of rotatable bonds is 7. The molecule has 4 rings (SSSR count). The van der Waals surface area contributed by atoms with Gasteiger partial charge in [-0.3, -0.25) is 4.90 Å². The fourth-order valence-electron chi connectivity index (χ4n) is 4.48. The summed E-state index contributed by atoms with van der Waals surface area (Å²) >= 11 is 0. The summed E-state index contributed by atoms with van der Waals surface area (Å²) in [6.07, 6.45) is 0.922. The topological polar surface area (TPSA) is 83.1 Å². The number of benzene rings is 2. The van der Waals surface area contributed by atoms with Crippen molar-refractivity contribution in [2.45, 2.75) is 19.4 Å². The van der Waals surface area contributed by atoms with E-state index in [4.69, 9.17) is 9.47 Å². The van der Waals surface area contributed by atoms with E-state index in [2.05, 4.69) is 33.4 Å². The summed E-state index contributed by atoms with van der Waals surface area (Å²) in [6, 6.07) is 15.1. The summed E-state index contributed by atoms with van der Waals surface area (Å²) < 4.78 is 10.5. The van der Waals surface area contributed by atoms with Crippen molar-refractivity contribution >= 4 is 17.7 Å². The van der Waals surface area contributed by atoms with Crippen molar-refractivity contribution < 1.29 is 19.1 Å². The second-order valence-electron chi connectivity index (χ2n) is 8.48. The van der Waals surface area contributed by atoms with Gasteiger partial charge in [-0.25, -0.2) is 9.59 Å². The first-order chi connectivity index (χ1) is 16.5. The number of hydrogen-bond donors (Lipinski definition) is 2. The molecule has 2 aromatic carbocycles. The average molecular weight is 465 g/mol. The van der Waals surface area contributed by atoms with Gasteiger partial charge in [-0.2, -0.15) is 0 Å². The van der Waals surface area contributed by atoms with Crippen molar-refractivity contribution in [3.05, 3.63) is 70.9 Å². The molecule has 34 heavy (non-hydrogen) atoms. The number of amides is 2. The van der Waals surface area contributed by atoms with E-state index in [0.717, 1.165) is 49.6 Å². The smallest absolute Gasteiger partial charge is 0.338 e. The van der Waals surface area contributed by atoms with E-state index < -0.39 is 12.0 Å². The van der Waals surface area contributed by atoms with Crippen molar-refractivity contribution in [3.63, 3.8) is 0 Å². The van der Waals surface area contributed by atoms with Crippen molar-refractivity contribution in [3.8, 4) is 5.75 Å². The van der Waals surface area contributed by atoms with Gasteiger partial charge in [-0.1, -0.05) is 37.3 Å². The normalized spacial score (nSPS) is 18.9. The van der Waals surface area contributed by atoms with Crippen molar-refractivity contribution in [2.24, 2.45) is 0 Å². The number of ether oxygens (including phenoxy) is 2. The van der Waals surface area contributed by atoms with Crippen LogP contribution in [0.4, 0.5) is 10.5 Å². The summed E-state index contributed by atoms with van der Waals surface area (Å²) in [7, 11) is 3.04. The third-order valence-corrected chi connectivity index (χ3v) is 6.45. The van der Waals surface area contributed by atoms with Gasteiger partial charge in [-0.15, -0.1) is 0 Å². The molecule has 2 aliphatic rings. The third kappa shape index (κ3) is 5.17. The first-order valence-electron chi connectivity index (χ1n) is 11.6. The van der Waals surface area contributed by atoms with Crippen LogP contribution in [-0.2, 0) is 16.0 Å². The van der Waals surface area contributed by atoms with Gasteiger partial charge in [-0.05, 0) is 29.7 Å². The Balaban J connectivity index is 1.52. The summed E-state index contributed by atoms with van der Waals surface area (Å²) in [5.74, 6) is 0.394. The first-order valence-corrected chi connectivity index (χ1v) is 11.6. The molecule has 2 N–H and O–H groups in total. The fourth-order valence-corrected chi connectivity index (χ4v) is 4.48. The lowest BCUT2D eigenvalue weighted by Crippen LogP contribution is -2.51. The molecule has 1 saturated heterocycles. The van der Waals surface area contributed by atoms with Crippen molar-refractivity contribution in [1.82, 2.24) is 15.5 Å². The molecular formula is C26H32N4O4. The molecule has 0 spiro atoms. The molecule has 0 aromatic heterocycles. The Hall–Kier alpha value is -3.52. The summed E-state index contributed by atoms with van der Waals surface area (Å²) in [6.45, 7) is 5.83. The Bertz CT molecular complexity index is 1060. The predicted octanol–water partition coefficient (Wildman–Crippen LogP) is 2.86.